The second-order valence-electron chi connectivity index (χ2n) is 7.28. The Bertz CT molecular complexity index is 1390. The summed E-state index contributed by atoms with van der Waals surface area (Å²) < 4.78 is 25.6. The van der Waals surface area contributed by atoms with Crippen LogP contribution in [-0.2, 0) is 6.61 Å². The van der Waals surface area contributed by atoms with E-state index in [-0.39, 0.29) is 23.6 Å². The molecule has 0 spiro atoms. The number of nitriles is 1. The number of ether oxygens (including phenoxy) is 2. The predicted molar refractivity (Wildman–Crippen MR) is 123 cm³/mol. The van der Waals surface area contributed by atoms with Gasteiger partial charge < -0.3 is 15.2 Å². The number of nitrogens with one attached hydrogen (secondary N) is 1. The van der Waals surface area contributed by atoms with Crippen LogP contribution < -0.4 is 15.2 Å². The number of nitrogens with zero attached hydrogens (tertiary/aromatic N) is 2. The zero-order valence-corrected chi connectivity index (χ0v) is 18.6. The Morgan fingerprint density at radius 2 is 2.09 bits per heavy atom. The van der Waals surface area contributed by atoms with Gasteiger partial charge in [-0.2, -0.15) is 5.26 Å². The van der Waals surface area contributed by atoms with E-state index in [4.69, 9.17) is 26.8 Å². The van der Waals surface area contributed by atoms with Gasteiger partial charge in [0.2, 0.25) is 11.8 Å². The number of thiophene rings is 1. The van der Waals surface area contributed by atoms with Gasteiger partial charge in [-0.3, -0.25) is 5.10 Å². The average Bonchev–Trinajstić information content (AvgIpc) is 3.48. The quantitative estimate of drug-likeness (QED) is 0.382. The highest BCUT2D eigenvalue weighted by Gasteiger charge is 2.36. The van der Waals surface area contributed by atoms with Crippen LogP contribution in [0.1, 0.15) is 22.6 Å². The number of nitrogens with two attached hydrogens (primary N) is 1. The monoisotopic (exact) mass is 478 g/mol. The molecule has 33 heavy (non-hydrogen) atoms. The van der Waals surface area contributed by atoms with Crippen molar-refractivity contribution in [1.82, 2.24) is 10.2 Å². The number of H-pyrrole nitrogens is 1. The zero-order valence-electron chi connectivity index (χ0n) is 17.0. The molecular formula is C24H16ClFN4O2S. The number of fused-ring (bicyclic) bond motifs is 1. The smallest absolute Gasteiger partial charge is 0.244 e. The molecule has 9 heteroatoms. The summed E-state index contributed by atoms with van der Waals surface area (Å²) in [5.74, 6) is -0.130. The fraction of sp³-hybridized carbons (Fsp3) is 0.0833. The summed E-state index contributed by atoms with van der Waals surface area (Å²) in [6.07, 6.45) is 0. The molecule has 0 saturated heterocycles. The number of halogens is 2. The van der Waals surface area contributed by atoms with Crippen LogP contribution in [0.4, 0.5) is 4.39 Å². The largest absolute Gasteiger partial charge is 0.489 e. The molecule has 3 N–H and O–H groups in total. The number of allylic oxidation sites excluding steroid dienone is 1. The molecule has 1 aliphatic heterocycles. The minimum atomic E-state index is -0.518. The fourth-order valence-corrected chi connectivity index (χ4v) is 4.75. The number of hydrogen-bond acceptors (Lipinski definition) is 6. The molecule has 0 aliphatic carbocycles. The van der Waals surface area contributed by atoms with Gasteiger partial charge in [0.05, 0.1) is 27.1 Å². The van der Waals surface area contributed by atoms with Gasteiger partial charge in [-0.1, -0.05) is 35.9 Å². The predicted octanol–water partition coefficient (Wildman–Crippen LogP) is 5.73. The van der Waals surface area contributed by atoms with Gasteiger partial charge in [-0.25, -0.2) is 4.39 Å². The fourth-order valence-electron chi connectivity index (χ4n) is 3.80. The van der Waals surface area contributed by atoms with Crippen LogP contribution in [0.15, 0.2) is 71.4 Å². The van der Waals surface area contributed by atoms with Crippen LogP contribution in [0.25, 0.3) is 10.6 Å². The molecule has 2 aromatic heterocycles. The van der Waals surface area contributed by atoms with Gasteiger partial charge in [0.25, 0.3) is 0 Å². The van der Waals surface area contributed by atoms with Crippen molar-refractivity contribution in [3.63, 3.8) is 0 Å². The van der Waals surface area contributed by atoms with Gasteiger partial charge in [0.1, 0.15) is 29.8 Å². The SMILES string of the molecule is N#CC1=C(N)Oc2n[nH]c(-c3cccs3)c2C1c1cccc(OCc2c(F)cccc2Cl)c1. The summed E-state index contributed by atoms with van der Waals surface area (Å²) in [7, 11) is 0. The molecule has 1 unspecified atom stereocenters. The molecule has 3 heterocycles. The standard InChI is InChI=1S/C24H16ClFN4O2S/c25-17-6-2-7-18(26)16(17)12-31-14-5-1-4-13(10-14)20-15(11-27)23(28)32-24-21(20)22(29-30-24)19-8-3-9-33-19/h1-10,20H,12,28H2,(H,29,30). The van der Waals surface area contributed by atoms with E-state index in [1.165, 1.54) is 6.07 Å². The Labute approximate surface area is 197 Å². The topological polar surface area (TPSA) is 97.0 Å². The molecule has 1 atom stereocenters. The summed E-state index contributed by atoms with van der Waals surface area (Å²) in [6, 6.07) is 17.8. The minimum absolute atomic E-state index is 0.00342. The summed E-state index contributed by atoms with van der Waals surface area (Å²) in [5.41, 5.74) is 8.85. The number of rotatable bonds is 5. The van der Waals surface area contributed by atoms with E-state index >= 15 is 0 Å². The first kappa shape index (κ1) is 21.1. The molecule has 164 valence electrons. The molecule has 0 fully saturated rings. The van der Waals surface area contributed by atoms with Crippen LogP contribution in [0.3, 0.4) is 0 Å². The highest BCUT2D eigenvalue weighted by atomic mass is 35.5. The van der Waals surface area contributed by atoms with Gasteiger partial charge >= 0.3 is 0 Å². The lowest BCUT2D eigenvalue weighted by molar-refractivity contribution is 0.299. The third kappa shape index (κ3) is 3.82. The van der Waals surface area contributed by atoms with Crippen LogP contribution in [0, 0.1) is 17.1 Å². The highest BCUT2D eigenvalue weighted by molar-refractivity contribution is 7.13. The Morgan fingerprint density at radius 1 is 1.24 bits per heavy atom. The van der Waals surface area contributed by atoms with E-state index in [1.807, 2.05) is 23.6 Å². The van der Waals surface area contributed by atoms with E-state index in [2.05, 4.69) is 16.3 Å². The summed E-state index contributed by atoms with van der Waals surface area (Å²) >= 11 is 7.66. The maximum atomic E-state index is 14.1. The molecule has 2 aromatic carbocycles. The lowest BCUT2D eigenvalue weighted by Gasteiger charge is -2.24. The first-order chi connectivity index (χ1) is 16.1. The highest BCUT2D eigenvalue weighted by Crippen LogP contribution is 2.46. The van der Waals surface area contributed by atoms with Crippen LogP contribution in [0.2, 0.25) is 5.02 Å². The average molecular weight is 479 g/mol. The van der Waals surface area contributed by atoms with E-state index < -0.39 is 11.7 Å². The Hall–Kier alpha value is -3.80. The van der Waals surface area contributed by atoms with Crippen molar-refractivity contribution in [2.24, 2.45) is 5.73 Å². The number of benzene rings is 2. The molecule has 0 amide bonds. The van der Waals surface area contributed by atoms with Gasteiger partial charge in [-0.05, 0) is 41.3 Å². The molecule has 1 aliphatic rings. The van der Waals surface area contributed by atoms with E-state index in [9.17, 15) is 9.65 Å². The third-order valence-electron chi connectivity index (χ3n) is 5.34. The van der Waals surface area contributed by atoms with E-state index in [1.54, 1.807) is 41.7 Å². The van der Waals surface area contributed by atoms with Gasteiger partial charge in [0, 0.05) is 5.56 Å². The molecule has 0 bridgehead atoms. The van der Waals surface area contributed by atoms with Crippen LogP contribution in [-0.4, -0.2) is 10.2 Å². The van der Waals surface area contributed by atoms with Crippen molar-refractivity contribution in [1.29, 1.82) is 5.26 Å². The molecule has 0 saturated carbocycles. The van der Waals surface area contributed by atoms with E-state index in [0.29, 0.717) is 16.7 Å². The zero-order chi connectivity index (χ0) is 22.9. The van der Waals surface area contributed by atoms with Crippen molar-refractivity contribution in [3.05, 3.63) is 99.0 Å². The number of hydrogen-bond donors (Lipinski definition) is 2. The van der Waals surface area contributed by atoms with Gasteiger partial charge in [-0.15, -0.1) is 16.4 Å². The van der Waals surface area contributed by atoms with Crippen molar-refractivity contribution in [2.45, 2.75) is 12.5 Å². The first-order valence-electron chi connectivity index (χ1n) is 9.92. The van der Waals surface area contributed by atoms with Crippen molar-refractivity contribution >= 4 is 22.9 Å². The normalized spacial score (nSPS) is 15.0. The molecule has 0 radical (unpaired) electrons. The maximum absolute atomic E-state index is 14.1. The number of aromatic nitrogens is 2. The van der Waals surface area contributed by atoms with Crippen LogP contribution >= 0.6 is 22.9 Å². The first-order valence-corrected chi connectivity index (χ1v) is 11.2. The van der Waals surface area contributed by atoms with Crippen LogP contribution in [0.5, 0.6) is 11.6 Å². The summed E-state index contributed by atoms with van der Waals surface area (Å²) in [4.78, 5) is 0.955. The van der Waals surface area contributed by atoms with Gasteiger partial charge in [0.15, 0.2) is 0 Å². The molecule has 6 nitrogen and oxygen atoms in total. The third-order valence-corrected chi connectivity index (χ3v) is 6.58. The lowest BCUT2D eigenvalue weighted by atomic mass is 9.83. The second kappa shape index (κ2) is 8.62. The number of aromatic amines is 1. The molecule has 5 rings (SSSR count). The minimum Gasteiger partial charge on any atom is -0.489 e. The molecule has 4 aromatic rings. The van der Waals surface area contributed by atoms with Crippen molar-refractivity contribution in [2.75, 3.05) is 0 Å². The van der Waals surface area contributed by atoms with E-state index in [0.717, 1.165) is 21.7 Å². The maximum Gasteiger partial charge on any atom is 0.244 e. The Morgan fingerprint density at radius 3 is 2.85 bits per heavy atom. The second-order valence-corrected chi connectivity index (χ2v) is 8.64. The lowest BCUT2D eigenvalue weighted by Crippen LogP contribution is -2.21. The summed E-state index contributed by atoms with van der Waals surface area (Å²) in [5, 5.41) is 19.4. The Balaban J connectivity index is 1.54. The summed E-state index contributed by atoms with van der Waals surface area (Å²) in [6.45, 7) is -0.0385. The Kier molecular flexibility index (Phi) is 5.50. The van der Waals surface area contributed by atoms with Crippen molar-refractivity contribution in [3.8, 4) is 28.3 Å². The molecular weight excluding hydrogens is 463 g/mol. The van der Waals surface area contributed by atoms with Crippen molar-refractivity contribution < 1.29 is 13.9 Å².